The van der Waals surface area contributed by atoms with Gasteiger partial charge >= 0.3 is 0 Å². The van der Waals surface area contributed by atoms with Crippen LogP contribution in [0.3, 0.4) is 0 Å². The maximum absolute atomic E-state index is 13.8. The first kappa shape index (κ1) is 18.9. The van der Waals surface area contributed by atoms with Crippen molar-refractivity contribution in [2.75, 3.05) is 19.6 Å². The Kier molecular flexibility index (Phi) is 4.72. The Bertz CT molecular complexity index is 602. The van der Waals surface area contributed by atoms with Crippen LogP contribution in [-0.4, -0.2) is 53.3 Å². The van der Waals surface area contributed by atoms with E-state index < -0.39 is 0 Å². The van der Waals surface area contributed by atoms with Crippen LogP contribution in [0.2, 0.25) is 0 Å². The van der Waals surface area contributed by atoms with Gasteiger partial charge in [0, 0.05) is 25.7 Å². The topological polar surface area (TPSA) is 66.6 Å². The van der Waals surface area contributed by atoms with Gasteiger partial charge in [-0.3, -0.25) is 9.59 Å². The van der Waals surface area contributed by atoms with E-state index in [1.54, 1.807) is 0 Å². The molecular weight excluding hydrogens is 350 g/mol. The molecule has 0 aromatic carbocycles. The summed E-state index contributed by atoms with van der Waals surface area (Å²) in [5, 5.41) is 0. The number of nitrogens with two attached hydrogens (primary N) is 1. The summed E-state index contributed by atoms with van der Waals surface area (Å²) in [4.78, 5) is 31.1. The van der Waals surface area contributed by atoms with Crippen molar-refractivity contribution in [1.29, 1.82) is 0 Å². The Labute approximate surface area is 169 Å². The third-order valence-corrected chi connectivity index (χ3v) is 8.89. The average Bonchev–Trinajstić information content (AvgIpc) is 3.15. The molecule has 6 fully saturated rings. The SMILES string of the molecule is CC(N)C1CCN(C(=O)C2CCCN2C(=O)C23CC4CC(CC(C4)C2)C3)CC1. The number of amides is 2. The van der Waals surface area contributed by atoms with Gasteiger partial charge < -0.3 is 15.5 Å². The van der Waals surface area contributed by atoms with Crippen LogP contribution < -0.4 is 5.73 Å². The molecule has 2 amide bonds. The normalized spacial score (nSPS) is 41.5. The first-order valence-corrected chi connectivity index (χ1v) is 11.8. The maximum Gasteiger partial charge on any atom is 0.245 e. The Hall–Kier alpha value is -1.10. The first-order chi connectivity index (χ1) is 13.4. The quantitative estimate of drug-likeness (QED) is 0.810. The fourth-order valence-electron chi connectivity index (χ4n) is 7.80. The van der Waals surface area contributed by atoms with Crippen molar-refractivity contribution < 1.29 is 9.59 Å². The van der Waals surface area contributed by atoms with E-state index in [4.69, 9.17) is 5.73 Å². The third kappa shape index (κ3) is 3.09. The minimum absolute atomic E-state index is 0.125. The first-order valence-electron chi connectivity index (χ1n) is 11.8. The van der Waals surface area contributed by atoms with Crippen molar-refractivity contribution in [3.05, 3.63) is 0 Å². The summed E-state index contributed by atoms with van der Waals surface area (Å²) in [7, 11) is 0. The van der Waals surface area contributed by atoms with E-state index in [0.717, 1.165) is 82.3 Å². The number of rotatable bonds is 3. The number of carbonyl (C=O) groups excluding carboxylic acids is 2. The predicted molar refractivity (Wildman–Crippen MR) is 108 cm³/mol. The molecule has 28 heavy (non-hydrogen) atoms. The molecule has 2 atom stereocenters. The van der Waals surface area contributed by atoms with Crippen molar-refractivity contribution >= 4 is 11.8 Å². The summed E-state index contributed by atoms with van der Waals surface area (Å²) in [5.41, 5.74) is 5.93. The number of likely N-dealkylation sites (tertiary alicyclic amines) is 2. The van der Waals surface area contributed by atoms with Gasteiger partial charge in [-0.25, -0.2) is 0 Å². The molecule has 5 nitrogen and oxygen atoms in total. The van der Waals surface area contributed by atoms with Gasteiger partial charge in [0.25, 0.3) is 0 Å². The molecule has 6 rings (SSSR count). The van der Waals surface area contributed by atoms with Gasteiger partial charge in [0.2, 0.25) is 11.8 Å². The molecule has 156 valence electrons. The van der Waals surface area contributed by atoms with Crippen molar-refractivity contribution in [2.24, 2.45) is 34.8 Å². The van der Waals surface area contributed by atoms with Crippen molar-refractivity contribution in [2.45, 2.75) is 83.2 Å². The van der Waals surface area contributed by atoms with Crippen molar-refractivity contribution in [3.8, 4) is 0 Å². The zero-order chi connectivity index (χ0) is 19.5. The fourth-order valence-corrected chi connectivity index (χ4v) is 7.80. The summed E-state index contributed by atoms with van der Waals surface area (Å²) in [5.74, 6) is 3.38. The lowest BCUT2D eigenvalue weighted by molar-refractivity contribution is -0.162. The smallest absolute Gasteiger partial charge is 0.245 e. The van der Waals surface area contributed by atoms with E-state index in [0.29, 0.717) is 11.8 Å². The molecule has 6 aliphatic rings. The molecule has 0 aromatic heterocycles. The van der Waals surface area contributed by atoms with Gasteiger partial charge in [0.05, 0.1) is 5.41 Å². The Morgan fingerprint density at radius 2 is 1.50 bits per heavy atom. The summed E-state index contributed by atoms with van der Waals surface area (Å²) in [6, 6.07) is 0.00486. The van der Waals surface area contributed by atoms with Crippen molar-refractivity contribution in [1.82, 2.24) is 9.80 Å². The summed E-state index contributed by atoms with van der Waals surface area (Å²) < 4.78 is 0. The monoisotopic (exact) mass is 387 g/mol. The van der Waals surface area contributed by atoms with Crippen LogP contribution in [-0.2, 0) is 9.59 Å². The zero-order valence-corrected chi connectivity index (χ0v) is 17.4. The lowest BCUT2D eigenvalue weighted by Gasteiger charge is -2.56. The number of hydrogen-bond acceptors (Lipinski definition) is 3. The van der Waals surface area contributed by atoms with E-state index in [1.807, 2.05) is 9.80 Å². The molecule has 4 bridgehead atoms. The van der Waals surface area contributed by atoms with Crippen LogP contribution in [0, 0.1) is 29.1 Å². The number of piperidine rings is 1. The van der Waals surface area contributed by atoms with Gasteiger partial charge in [0.1, 0.15) is 6.04 Å². The summed E-state index contributed by atoms with van der Waals surface area (Å²) >= 11 is 0. The lowest BCUT2D eigenvalue weighted by Crippen LogP contribution is -2.58. The molecular formula is C23H37N3O2. The largest absolute Gasteiger partial charge is 0.341 e. The third-order valence-electron chi connectivity index (χ3n) is 8.89. The lowest BCUT2D eigenvalue weighted by atomic mass is 9.49. The highest BCUT2D eigenvalue weighted by molar-refractivity contribution is 5.91. The Balaban J connectivity index is 1.28. The van der Waals surface area contributed by atoms with Crippen LogP contribution in [0.5, 0.6) is 0 Å². The molecule has 2 aliphatic heterocycles. The van der Waals surface area contributed by atoms with E-state index in [2.05, 4.69) is 6.92 Å². The molecule has 2 N–H and O–H groups in total. The molecule has 4 saturated carbocycles. The predicted octanol–water partition coefficient (Wildman–Crippen LogP) is 2.78. The minimum Gasteiger partial charge on any atom is -0.341 e. The van der Waals surface area contributed by atoms with Gasteiger partial charge in [-0.2, -0.15) is 0 Å². The second-order valence-corrected chi connectivity index (χ2v) is 10.9. The van der Waals surface area contributed by atoms with Gasteiger partial charge in [0.15, 0.2) is 0 Å². The molecule has 2 saturated heterocycles. The van der Waals surface area contributed by atoms with Gasteiger partial charge in [-0.15, -0.1) is 0 Å². The van der Waals surface area contributed by atoms with Crippen LogP contribution in [0.15, 0.2) is 0 Å². The standard InChI is InChI=1S/C23H37N3O2/c1-15(24)19-4-7-25(8-5-19)21(27)20-3-2-6-26(20)22(28)23-12-16-9-17(13-23)11-18(10-16)14-23/h15-20H,2-14,24H2,1H3. The van der Waals surface area contributed by atoms with Crippen LogP contribution >= 0.6 is 0 Å². The number of nitrogens with zero attached hydrogens (tertiary/aromatic N) is 2. The minimum atomic E-state index is -0.202. The zero-order valence-electron chi connectivity index (χ0n) is 17.4. The second-order valence-electron chi connectivity index (χ2n) is 10.9. The van der Waals surface area contributed by atoms with Crippen LogP contribution in [0.25, 0.3) is 0 Å². The van der Waals surface area contributed by atoms with Gasteiger partial charge in [-0.05, 0) is 94.8 Å². The van der Waals surface area contributed by atoms with E-state index >= 15 is 0 Å². The Morgan fingerprint density at radius 1 is 0.929 bits per heavy atom. The molecule has 0 aromatic rings. The molecule has 5 heteroatoms. The van der Waals surface area contributed by atoms with E-state index in [1.165, 1.54) is 19.3 Å². The van der Waals surface area contributed by atoms with Gasteiger partial charge in [-0.1, -0.05) is 0 Å². The molecule has 0 radical (unpaired) electrons. The molecule has 2 unspecified atom stereocenters. The Morgan fingerprint density at radius 3 is 2.04 bits per heavy atom. The summed E-state index contributed by atoms with van der Waals surface area (Å²) in [6.07, 6.45) is 11.2. The highest BCUT2D eigenvalue weighted by Crippen LogP contribution is 2.60. The van der Waals surface area contributed by atoms with Crippen LogP contribution in [0.1, 0.15) is 71.1 Å². The van der Waals surface area contributed by atoms with E-state index in [9.17, 15) is 9.59 Å². The molecule has 2 heterocycles. The van der Waals surface area contributed by atoms with Crippen LogP contribution in [0.4, 0.5) is 0 Å². The molecule has 4 aliphatic carbocycles. The number of hydrogen-bond donors (Lipinski definition) is 1. The highest BCUT2D eigenvalue weighted by atomic mass is 16.2. The number of carbonyl (C=O) groups is 2. The van der Waals surface area contributed by atoms with E-state index in [-0.39, 0.29) is 23.4 Å². The average molecular weight is 388 g/mol. The van der Waals surface area contributed by atoms with Crippen molar-refractivity contribution in [3.63, 3.8) is 0 Å². The maximum atomic E-state index is 13.8. The summed E-state index contributed by atoms with van der Waals surface area (Å²) in [6.45, 7) is 4.47. The highest BCUT2D eigenvalue weighted by Gasteiger charge is 2.57. The molecule has 0 spiro atoms. The second kappa shape index (κ2) is 7.00. The fraction of sp³-hybridized carbons (Fsp3) is 0.913.